The van der Waals surface area contributed by atoms with Crippen molar-refractivity contribution < 1.29 is 142 Å². The summed E-state index contributed by atoms with van der Waals surface area (Å²) in [6, 6.07) is 0. The molecule has 125 heavy (non-hydrogen) atoms. The van der Waals surface area contributed by atoms with Crippen molar-refractivity contribution in [3.05, 3.63) is 0 Å². The summed E-state index contributed by atoms with van der Waals surface area (Å²) in [4.78, 5) is 41.3. The third-order valence-corrected chi connectivity index (χ3v) is 22.7. The molecule has 0 unspecified atom stereocenters. The lowest BCUT2D eigenvalue weighted by molar-refractivity contribution is -0.138. The molecule has 0 aliphatic rings. The number of hydrogen-bond donors (Lipinski definition) is 24. The first kappa shape index (κ1) is 140. The number of hydrogen-bond acceptors (Lipinski definition) is 24. The van der Waals surface area contributed by atoms with Crippen molar-refractivity contribution in [1.29, 1.82) is 0 Å². The van der Waals surface area contributed by atoms with Gasteiger partial charge in [0.15, 0.2) is 0 Å². The lowest BCUT2D eigenvalue weighted by atomic mass is 9.93. The summed E-state index contributed by atoms with van der Waals surface area (Å²) in [6.07, 6.45) is 80.8. The standard InChI is InChI=1S/4C18H36O2.5C5H12O4/c4*1-2-3-4-5-6-7-8-9-10-11-12-13-14-15-16-17-18(19)20;5*6-1-5(2-7,3-8)4-9/h4*2-17H2,1H3,(H,19,20);5*6-9H,1-4H2. The Bertz CT molecular complexity index is 1630. The second-order valence-corrected chi connectivity index (χ2v) is 35.0. The number of carboxylic acid groups (broad SMARTS) is 4. The van der Waals surface area contributed by atoms with E-state index in [1.54, 1.807) is 0 Å². The van der Waals surface area contributed by atoms with Gasteiger partial charge in [-0.1, -0.05) is 387 Å². The molecule has 0 aromatic heterocycles. The Hall–Kier alpha value is -2.92. The minimum Gasteiger partial charge on any atom is -0.481 e. The lowest BCUT2D eigenvalue weighted by Crippen LogP contribution is -2.37. The van der Waals surface area contributed by atoms with Crippen molar-refractivity contribution in [1.82, 2.24) is 0 Å². The normalized spacial score (nSPS) is 11.3. The maximum Gasteiger partial charge on any atom is 0.303 e. The first-order valence-corrected chi connectivity index (χ1v) is 49.3. The van der Waals surface area contributed by atoms with Gasteiger partial charge < -0.3 is 123 Å². The lowest BCUT2D eigenvalue weighted by Gasteiger charge is -2.23. The zero-order valence-corrected chi connectivity index (χ0v) is 80.3. The Morgan fingerprint density at radius 2 is 0.192 bits per heavy atom. The molecule has 0 amide bonds. The van der Waals surface area contributed by atoms with Crippen LogP contribution in [0.15, 0.2) is 0 Å². The Morgan fingerprint density at radius 1 is 0.128 bits per heavy atom. The van der Waals surface area contributed by atoms with Crippen LogP contribution in [0.4, 0.5) is 0 Å². The monoisotopic (exact) mass is 1820 g/mol. The summed E-state index contributed by atoms with van der Waals surface area (Å²) in [7, 11) is 0. The van der Waals surface area contributed by atoms with Gasteiger partial charge in [0.25, 0.3) is 0 Å². The maximum absolute atomic E-state index is 10.3. The Kier molecular flexibility index (Phi) is 129. The fourth-order valence-electron chi connectivity index (χ4n) is 12.1. The number of aliphatic hydroxyl groups is 20. The van der Waals surface area contributed by atoms with Crippen molar-refractivity contribution in [2.75, 3.05) is 132 Å². The summed E-state index contributed by atoms with van der Waals surface area (Å²) in [6.45, 7) is 0.955. The summed E-state index contributed by atoms with van der Waals surface area (Å²) in [5.74, 6) is -2.61. The largest absolute Gasteiger partial charge is 0.481 e. The molecule has 0 saturated heterocycles. The summed E-state index contributed by atoms with van der Waals surface area (Å²) >= 11 is 0. The fourth-order valence-corrected chi connectivity index (χ4v) is 12.1. The van der Waals surface area contributed by atoms with Gasteiger partial charge in [-0.15, -0.1) is 0 Å². The number of aliphatic carboxylic acids is 4. The van der Waals surface area contributed by atoms with Gasteiger partial charge in [0.1, 0.15) is 0 Å². The van der Waals surface area contributed by atoms with Crippen molar-refractivity contribution in [3.8, 4) is 0 Å². The molecule has 0 fully saturated rings. The number of aliphatic hydroxyl groups excluding tert-OH is 20. The van der Waals surface area contributed by atoms with Crippen LogP contribution in [0.2, 0.25) is 0 Å². The van der Waals surface area contributed by atoms with E-state index in [0.717, 1.165) is 51.4 Å². The molecule has 0 bridgehead atoms. The maximum atomic E-state index is 10.3. The van der Waals surface area contributed by atoms with E-state index in [1.165, 1.54) is 334 Å². The molecular weight excluding hydrogens is 1610 g/mol. The van der Waals surface area contributed by atoms with E-state index in [0.29, 0.717) is 25.7 Å². The fraction of sp³-hybridized carbons (Fsp3) is 0.959. The number of carbonyl (C=O) groups is 4. The van der Waals surface area contributed by atoms with E-state index < -0.39 is 183 Å². The van der Waals surface area contributed by atoms with Crippen LogP contribution in [0.5, 0.6) is 0 Å². The molecule has 0 atom stereocenters. The van der Waals surface area contributed by atoms with E-state index in [9.17, 15) is 19.2 Å². The molecule has 28 nitrogen and oxygen atoms in total. The molecule has 0 aromatic rings. The topological polar surface area (TPSA) is 554 Å². The first-order chi connectivity index (χ1) is 60.3. The first-order valence-electron chi connectivity index (χ1n) is 49.3. The van der Waals surface area contributed by atoms with Gasteiger partial charge in [-0.25, -0.2) is 0 Å². The van der Waals surface area contributed by atoms with Crippen LogP contribution in [0.3, 0.4) is 0 Å². The summed E-state index contributed by atoms with van der Waals surface area (Å²) < 4.78 is 0. The molecule has 0 radical (unpaired) electrons. The number of unbranched alkanes of at least 4 members (excludes halogenated alkanes) is 56. The third kappa shape index (κ3) is 110. The highest BCUT2D eigenvalue weighted by atomic mass is 16.4. The van der Waals surface area contributed by atoms with Crippen molar-refractivity contribution in [3.63, 3.8) is 0 Å². The average molecular weight is 1820 g/mol. The van der Waals surface area contributed by atoms with E-state index in [2.05, 4.69) is 27.7 Å². The summed E-state index contributed by atoms with van der Waals surface area (Å²) in [5.41, 5.74) is -5.56. The van der Waals surface area contributed by atoms with Crippen molar-refractivity contribution >= 4 is 23.9 Å². The average Bonchev–Trinajstić information content (AvgIpc) is 0.939. The molecule has 0 aliphatic heterocycles. The number of carboxylic acids is 4. The predicted molar refractivity (Wildman–Crippen MR) is 503 cm³/mol. The molecule has 0 aliphatic carbocycles. The molecular formula is C97H204O28. The molecule has 0 heterocycles. The van der Waals surface area contributed by atoms with Gasteiger partial charge in [0, 0.05) is 25.7 Å². The zero-order valence-electron chi connectivity index (χ0n) is 80.3. The molecule has 0 spiro atoms. The Balaban J connectivity index is -0.000000177. The highest BCUT2D eigenvalue weighted by Crippen LogP contribution is 2.21. The minimum absolute atomic E-state index is 0.345. The minimum atomic E-state index is -1.11. The summed E-state index contributed by atoms with van der Waals surface area (Å²) in [5, 5.41) is 204. The molecule has 0 rings (SSSR count). The quantitative estimate of drug-likeness (QED) is 0.0251. The molecule has 760 valence electrons. The van der Waals surface area contributed by atoms with Gasteiger partial charge in [0.05, 0.1) is 159 Å². The van der Waals surface area contributed by atoms with Gasteiger partial charge in [-0.2, -0.15) is 0 Å². The van der Waals surface area contributed by atoms with Gasteiger partial charge in [-0.3, -0.25) is 19.2 Å². The zero-order chi connectivity index (χ0) is 96.2. The Labute approximate surface area is 760 Å². The van der Waals surface area contributed by atoms with E-state index in [-0.39, 0.29) is 0 Å². The molecule has 28 heteroatoms. The van der Waals surface area contributed by atoms with Crippen molar-refractivity contribution in [2.24, 2.45) is 27.1 Å². The second-order valence-electron chi connectivity index (χ2n) is 35.0. The van der Waals surface area contributed by atoms with Crippen LogP contribution in [-0.4, -0.2) is 279 Å². The van der Waals surface area contributed by atoms with Crippen LogP contribution >= 0.6 is 0 Å². The SMILES string of the molecule is CCCCCCCCCCCCCCCCCC(=O)O.CCCCCCCCCCCCCCCCCC(=O)O.CCCCCCCCCCCCCCCCCC(=O)O.CCCCCCCCCCCCCCCCCC(=O)O.OCC(CO)(CO)CO.OCC(CO)(CO)CO.OCC(CO)(CO)CO.OCC(CO)(CO)CO.OCC(CO)(CO)CO. The van der Waals surface area contributed by atoms with Crippen LogP contribution in [-0.2, 0) is 19.2 Å². The van der Waals surface area contributed by atoms with Crippen LogP contribution in [0.1, 0.15) is 439 Å². The van der Waals surface area contributed by atoms with Crippen LogP contribution in [0, 0.1) is 27.1 Å². The number of rotatable bonds is 84. The Morgan fingerprint density at radius 3 is 0.240 bits per heavy atom. The van der Waals surface area contributed by atoms with Gasteiger partial charge in [0.2, 0.25) is 0 Å². The highest BCUT2D eigenvalue weighted by molar-refractivity contribution is 5.67. The van der Waals surface area contributed by atoms with Crippen LogP contribution < -0.4 is 0 Å². The molecule has 0 aromatic carbocycles. The van der Waals surface area contributed by atoms with E-state index in [1.807, 2.05) is 0 Å². The smallest absolute Gasteiger partial charge is 0.303 e. The highest BCUT2D eigenvalue weighted by Gasteiger charge is 2.30. The molecule has 0 saturated carbocycles. The second kappa shape index (κ2) is 115. The molecule has 24 N–H and O–H groups in total. The predicted octanol–water partition coefficient (Wildman–Crippen LogP) is 15.0. The van der Waals surface area contributed by atoms with Gasteiger partial charge >= 0.3 is 23.9 Å². The van der Waals surface area contributed by atoms with E-state index >= 15 is 0 Å². The third-order valence-electron chi connectivity index (χ3n) is 22.7. The van der Waals surface area contributed by atoms with Crippen molar-refractivity contribution in [2.45, 2.75) is 439 Å². The van der Waals surface area contributed by atoms with Crippen LogP contribution in [0.25, 0.3) is 0 Å². The van der Waals surface area contributed by atoms with Gasteiger partial charge in [-0.05, 0) is 25.7 Å². The van der Waals surface area contributed by atoms with E-state index in [4.69, 9.17) is 123 Å².